The third-order valence-corrected chi connectivity index (χ3v) is 5.32. The summed E-state index contributed by atoms with van der Waals surface area (Å²) in [5, 5.41) is 23.2. The zero-order valence-corrected chi connectivity index (χ0v) is 17.5. The Bertz CT molecular complexity index is 1020. The van der Waals surface area contributed by atoms with Gasteiger partial charge < -0.3 is 9.67 Å². The van der Waals surface area contributed by atoms with Gasteiger partial charge in [0.2, 0.25) is 0 Å². The van der Waals surface area contributed by atoms with Gasteiger partial charge in [0, 0.05) is 17.1 Å². The largest absolute Gasteiger partial charge is 0.508 e. The van der Waals surface area contributed by atoms with Gasteiger partial charge in [-0.25, -0.2) is 5.43 Å². The molecule has 3 aromatic rings. The van der Waals surface area contributed by atoms with Crippen LogP contribution in [0.5, 0.6) is 5.75 Å². The van der Waals surface area contributed by atoms with Crippen LogP contribution in [0, 0.1) is 0 Å². The molecule has 1 heterocycles. The Morgan fingerprint density at radius 2 is 1.86 bits per heavy atom. The van der Waals surface area contributed by atoms with Crippen LogP contribution in [0.3, 0.4) is 0 Å². The Morgan fingerprint density at radius 3 is 2.52 bits per heavy atom. The molecule has 1 aromatic heterocycles. The second-order valence-corrected chi connectivity index (χ2v) is 7.50. The zero-order valence-electron chi connectivity index (χ0n) is 16.0. The van der Waals surface area contributed by atoms with E-state index in [0.29, 0.717) is 22.4 Å². The van der Waals surface area contributed by atoms with Crippen molar-refractivity contribution in [3.63, 3.8) is 0 Å². The number of hydrazone groups is 1. The van der Waals surface area contributed by atoms with E-state index in [1.165, 1.54) is 11.8 Å². The van der Waals surface area contributed by atoms with Gasteiger partial charge in [-0.3, -0.25) is 4.79 Å². The number of aromatic nitrogens is 3. The Hall–Kier alpha value is -2.84. The van der Waals surface area contributed by atoms with E-state index in [4.69, 9.17) is 11.6 Å². The standard InChI is InChI=1S/C20H20ClN5O2S/c1-3-26-19(15-4-8-16(21)9-5-15)24-25-20(26)29-12-18(28)23-22-13(2)14-6-10-17(27)11-7-14/h4-11,27H,3,12H2,1-2H3,(H,23,28)/b22-13+. The summed E-state index contributed by atoms with van der Waals surface area (Å²) in [6.07, 6.45) is 0. The highest BCUT2D eigenvalue weighted by Gasteiger charge is 2.14. The van der Waals surface area contributed by atoms with Crippen molar-refractivity contribution in [2.24, 2.45) is 5.10 Å². The van der Waals surface area contributed by atoms with Crippen LogP contribution >= 0.6 is 23.4 Å². The second kappa shape index (κ2) is 9.58. The smallest absolute Gasteiger partial charge is 0.250 e. The van der Waals surface area contributed by atoms with Gasteiger partial charge in [-0.05, 0) is 67.9 Å². The van der Waals surface area contributed by atoms with Gasteiger partial charge in [0.25, 0.3) is 5.91 Å². The van der Waals surface area contributed by atoms with E-state index < -0.39 is 0 Å². The number of benzene rings is 2. The number of nitrogens with one attached hydrogen (secondary N) is 1. The fourth-order valence-electron chi connectivity index (χ4n) is 2.57. The molecule has 1 amide bonds. The van der Waals surface area contributed by atoms with Gasteiger partial charge in [-0.2, -0.15) is 5.10 Å². The highest BCUT2D eigenvalue weighted by Crippen LogP contribution is 2.25. The molecule has 0 radical (unpaired) electrons. The number of carbonyl (C=O) groups is 1. The molecule has 150 valence electrons. The number of aromatic hydroxyl groups is 1. The zero-order chi connectivity index (χ0) is 20.8. The van der Waals surface area contributed by atoms with E-state index in [1.807, 2.05) is 23.6 Å². The summed E-state index contributed by atoms with van der Waals surface area (Å²) in [6.45, 7) is 4.46. The first-order valence-corrected chi connectivity index (χ1v) is 10.3. The molecule has 0 saturated heterocycles. The lowest BCUT2D eigenvalue weighted by molar-refractivity contribution is -0.118. The van der Waals surface area contributed by atoms with E-state index in [2.05, 4.69) is 20.7 Å². The first kappa shape index (κ1) is 20.9. The van der Waals surface area contributed by atoms with Crippen LogP contribution in [-0.2, 0) is 11.3 Å². The highest BCUT2D eigenvalue weighted by molar-refractivity contribution is 7.99. The first-order chi connectivity index (χ1) is 14.0. The molecule has 0 bridgehead atoms. The van der Waals surface area contributed by atoms with Crippen molar-refractivity contribution in [1.29, 1.82) is 0 Å². The van der Waals surface area contributed by atoms with Crippen molar-refractivity contribution in [2.45, 2.75) is 25.5 Å². The van der Waals surface area contributed by atoms with Gasteiger partial charge in [0.15, 0.2) is 11.0 Å². The molecule has 0 atom stereocenters. The molecule has 0 aliphatic rings. The van der Waals surface area contributed by atoms with Gasteiger partial charge >= 0.3 is 0 Å². The third kappa shape index (κ3) is 5.36. The van der Waals surface area contributed by atoms with Crippen LogP contribution in [-0.4, -0.2) is 37.2 Å². The Labute approximate surface area is 177 Å². The van der Waals surface area contributed by atoms with E-state index in [1.54, 1.807) is 43.3 Å². The van der Waals surface area contributed by atoms with Crippen molar-refractivity contribution < 1.29 is 9.90 Å². The van der Waals surface area contributed by atoms with Gasteiger partial charge in [0.1, 0.15) is 5.75 Å². The molecule has 2 aromatic carbocycles. The van der Waals surface area contributed by atoms with Crippen LogP contribution in [0.15, 0.2) is 58.8 Å². The SMILES string of the molecule is CCn1c(SCC(=O)N/N=C(\C)c2ccc(O)cc2)nnc1-c1ccc(Cl)cc1. The summed E-state index contributed by atoms with van der Waals surface area (Å²) in [6, 6.07) is 14.0. The maximum Gasteiger partial charge on any atom is 0.250 e. The van der Waals surface area contributed by atoms with Crippen LogP contribution in [0.1, 0.15) is 19.4 Å². The lowest BCUT2D eigenvalue weighted by Crippen LogP contribution is -2.21. The van der Waals surface area contributed by atoms with Crippen LogP contribution < -0.4 is 5.43 Å². The number of halogens is 1. The lowest BCUT2D eigenvalue weighted by Gasteiger charge is -2.07. The number of hydrogen-bond acceptors (Lipinski definition) is 6. The summed E-state index contributed by atoms with van der Waals surface area (Å²) in [4.78, 5) is 12.2. The quantitative estimate of drug-likeness (QED) is 0.337. The minimum Gasteiger partial charge on any atom is -0.508 e. The summed E-state index contributed by atoms with van der Waals surface area (Å²) >= 11 is 7.24. The fraction of sp³-hybridized carbons (Fsp3) is 0.200. The summed E-state index contributed by atoms with van der Waals surface area (Å²) < 4.78 is 1.95. The third-order valence-electron chi connectivity index (χ3n) is 4.10. The number of rotatable bonds is 7. The molecular formula is C20H20ClN5O2S. The molecule has 2 N–H and O–H groups in total. The van der Waals surface area contributed by atoms with E-state index in [9.17, 15) is 9.90 Å². The maximum absolute atomic E-state index is 12.2. The average Bonchev–Trinajstić information content (AvgIpc) is 3.14. The Kier molecular flexibility index (Phi) is 6.90. The number of amides is 1. The minimum atomic E-state index is -0.244. The number of phenolic OH excluding ortho intramolecular Hbond substituents is 1. The molecule has 29 heavy (non-hydrogen) atoms. The van der Waals surface area contributed by atoms with Crippen LogP contribution in [0.4, 0.5) is 0 Å². The Balaban J connectivity index is 1.62. The summed E-state index contributed by atoms with van der Waals surface area (Å²) in [5.74, 6) is 0.825. The molecule has 9 heteroatoms. The molecule has 3 rings (SSSR count). The molecular weight excluding hydrogens is 410 g/mol. The van der Waals surface area contributed by atoms with Crippen LogP contribution in [0.2, 0.25) is 5.02 Å². The summed E-state index contributed by atoms with van der Waals surface area (Å²) in [5.41, 5.74) is 4.91. The normalized spacial score (nSPS) is 11.5. The predicted octanol–water partition coefficient (Wildman–Crippen LogP) is 3.96. The second-order valence-electron chi connectivity index (χ2n) is 6.13. The molecule has 0 saturated carbocycles. The number of thioether (sulfide) groups is 1. The van der Waals surface area contributed by atoms with Gasteiger partial charge in [-0.15, -0.1) is 10.2 Å². The van der Waals surface area contributed by atoms with Crippen molar-refractivity contribution in [2.75, 3.05) is 5.75 Å². The molecule has 0 fully saturated rings. The topological polar surface area (TPSA) is 92.4 Å². The minimum absolute atomic E-state index is 0.158. The molecule has 0 aliphatic carbocycles. The Morgan fingerprint density at radius 1 is 1.17 bits per heavy atom. The van der Waals surface area contributed by atoms with Crippen molar-refractivity contribution >= 4 is 35.0 Å². The predicted molar refractivity (Wildman–Crippen MR) is 115 cm³/mol. The number of phenols is 1. The molecule has 0 spiro atoms. The van der Waals surface area contributed by atoms with E-state index in [0.717, 1.165) is 17.0 Å². The van der Waals surface area contributed by atoms with E-state index in [-0.39, 0.29) is 17.4 Å². The van der Waals surface area contributed by atoms with Crippen LogP contribution in [0.25, 0.3) is 11.4 Å². The fourth-order valence-corrected chi connectivity index (χ4v) is 3.49. The van der Waals surface area contributed by atoms with E-state index >= 15 is 0 Å². The first-order valence-electron chi connectivity index (χ1n) is 8.92. The highest BCUT2D eigenvalue weighted by atomic mass is 35.5. The average molecular weight is 430 g/mol. The van der Waals surface area contributed by atoms with Gasteiger partial charge in [-0.1, -0.05) is 23.4 Å². The van der Waals surface area contributed by atoms with Crippen molar-refractivity contribution in [3.8, 4) is 17.1 Å². The number of nitrogens with zero attached hydrogens (tertiary/aromatic N) is 4. The number of carbonyl (C=O) groups excluding carboxylic acids is 1. The van der Waals surface area contributed by atoms with Gasteiger partial charge in [0.05, 0.1) is 11.5 Å². The number of hydrogen-bond donors (Lipinski definition) is 2. The lowest BCUT2D eigenvalue weighted by atomic mass is 10.1. The van der Waals surface area contributed by atoms with Crippen molar-refractivity contribution in [3.05, 3.63) is 59.1 Å². The molecule has 0 aliphatic heterocycles. The molecule has 7 nitrogen and oxygen atoms in total. The monoisotopic (exact) mass is 429 g/mol. The summed E-state index contributed by atoms with van der Waals surface area (Å²) in [7, 11) is 0. The maximum atomic E-state index is 12.2. The van der Waals surface area contributed by atoms with Crippen molar-refractivity contribution in [1.82, 2.24) is 20.2 Å². The molecule has 0 unspecified atom stereocenters.